The first-order valence-electron chi connectivity index (χ1n) is 8.52. The summed E-state index contributed by atoms with van der Waals surface area (Å²) in [6.45, 7) is 2.10. The highest BCUT2D eigenvalue weighted by Gasteiger charge is 2.26. The highest BCUT2D eigenvalue weighted by Crippen LogP contribution is 2.20. The zero-order valence-corrected chi connectivity index (χ0v) is 13.9. The Morgan fingerprint density at radius 3 is 2.80 bits per heavy atom. The lowest BCUT2D eigenvalue weighted by molar-refractivity contribution is 0.0641. The highest BCUT2D eigenvalue weighted by atomic mass is 19.2. The standard InChI is InChI=1S/C19H21F2N3O/c20-17-7-6-14(12-18(17)21)19(25)24(13-15-4-1-2-10-23-15)16-5-3-9-22-11-8-16/h1-2,4,6-7,10,12,16,22H,3,5,8-9,11,13H2/t16-/m1/s1. The molecule has 4 nitrogen and oxygen atoms in total. The number of nitrogens with one attached hydrogen (secondary N) is 1. The number of carbonyl (C=O) groups excluding carboxylic acids is 1. The second-order valence-electron chi connectivity index (χ2n) is 6.22. The van der Waals surface area contributed by atoms with Gasteiger partial charge in [-0.05, 0) is 62.7 Å². The van der Waals surface area contributed by atoms with Crippen molar-refractivity contribution in [1.29, 1.82) is 0 Å². The molecule has 1 aromatic heterocycles. The number of hydrogen-bond donors (Lipinski definition) is 1. The number of pyridine rings is 1. The fourth-order valence-electron chi connectivity index (χ4n) is 3.14. The van der Waals surface area contributed by atoms with Gasteiger partial charge >= 0.3 is 0 Å². The van der Waals surface area contributed by atoms with Crippen molar-refractivity contribution >= 4 is 5.91 Å². The van der Waals surface area contributed by atoms with Crippen LogP contribution in [-0.4, -0.2) is 34.9 Å². The van der Waals surface area contributed by atoms with Gasteiger partial charge in [0.05, 0.1) is 12.2 Å². The molecule has 6 heteroatoms. The van der Waals surface area contributed by atoms with Crippen molar-refractivity contribution in [2.45, 2.75) is 31.8 Å². The number of amides is 1. The van der Waals surface area contributed by atoms with Crippen molar-refractivity contribution in [1.82, 2.24) is 15.2 Å². The molecule has 0 aliphatic carbocycles. The molecule has 1 saturated heterocycles. The number of aromatic nitrogens is 1. The molecule has 0 radical (unpaired) electrons. The topological polar surface area (TPSA) is 45.2 Å². The molecule has 1 amide bonds. The number of rotatable bonds is 4. The average Bonchev–Trinajstić information content (AvgIpc) is 2.91. The summed E-state index contributed by atoms with van der Waals surface area (Å²) in [5.74, 6) is -2.26. The largest absolute Gasteiger partial charge is 0.330 e. The first kappa shape index (κ1) is 17.5. The molecule has 2 aromatic rings. The van der Waals surface area contributed by atoms with Crippen molar-refractivity contribution in [3.63, 3.8) is 0 Å². The predicted molar refractivity (Wildman–Crippen MR) is 91.0 cm³/mol. The van der Waals surface area contributed by atoms with E-state index in [4.69, 9.17) is 0 Å². The van der Waals surface area contributed by atoms with E-state index in [1.807, 2.05) is 18.2 Å². The molecule has 0 spiro atoms. The van der Waals surface area contributed by atoms with Gasteiger partial charge in [0.25, 0.3) is 5.91 Å². The molecule has 3 rings (SSSR count). The summed E-state index contributed by atoms with van der Waals surface area (Å²) >= 11 is 0. The Kier molecular flexibility index (Phi) is 5.71. The predicted octanol–water partition coefficient (Wildman–Crippen LogP) is 3.14. The zero-order chi connectivity index (χ0) is 17.6. The minimum atomic E-state index is -1.01. The number of halogens is 2. The second-order valence-corrected chi connectivity index (χ2v) is 6.22. The van der Waals surface area contributed by atoms with E-state index in [1.54, 1.807) is 11.1 Å². The summed E-state index contributed by atoms with van der Waals surface area (Å²) in [5.41, 5.74) is 0.933. The van der Waals surface area contributed by atoms with Crippen LogP contribution in [-0.2, 0) is 6.54 Å². The molecule has 2 heterocycles. The van der Waals surface area contributed by atoms with Crippen molar-refractivity contribution in [3.8, 4) is 0 Å². The smallest absolute Gasteiger partial charge is 0.254 e. The van der Waals surface area contributed by atoms with Crippen molar-refractivity contribution in [3.05, 3.63) is 65.5 Å². The fourth-order valence-corrected chi connectivity index (χ4v) is 3.14. The molecule has 1 N–H and O–H groups in total. The Morgan fingerprint density at radius 1 is 1.16 bits per heavy atom. The van der Waals surface area contributed by atoms with Crippen LogP contribution in [0.3, 0.4) is 0 Å². The van der Waals surface area contributed by atoms with Gasteiger partial charge in [-0.25, -0.2) is 8.78 Å². The van der Waals surface area contributed by atoms with Gasteiger partial charge in [0.1, 0.15) is 0 Å². The fraction of sp³-hybridized carbons (Fsp3) is 0.368. The molecule has 0 unspecified atom stereocenters. The monoisotopic (exact) mass is 345 g/mol. The van der Waals surface area contributed by atoms with Crippen LogP contribution >= 0.6 is 0 Å². The molecule has 1 aromatic carbocycles. The third kappa shape index (κ3) is 4.39. The van der Waals surface area contributed by atoms with E-state index in [0.29, 0.717) is 6.54 Å². The summed E-state index contributed by atoms with van der Waals surface area (Å²) in [6.07, 6.45) is 4.34. The van der Waals surface area contributed by atoms with Crippen LogP contribution < -0.4 is 5.32 Å². The molecule has 1 fully saturated rings. The van der Waals surface area contributed by atoms with Gasteiger partial charge < -0.3 is 10.2 Å². The summed E-state index contributed by atoms with van der Waals surface area (Å²) in [7, 11) is 0. The number of nitrogens with zero attached hydrogens (tertiary/aromatic N) is 2. The van der Waals surface area contributed by atoms with Crippen LogP contribution in [0.5, 0.6) is 0 Å². The molecular weight excluding hydrogens is 324 g/mol. The first-order valence-corrected chi connectivity index (χ1v) is 8.52. The Labute approximate surface area is 145 Å². The normalized spacial score (nSPS) is 17.8. The molecule has 25 heavy (non-hydrogen) atoms. The van der Waals surface area contributed by atoms with Crippen molar-refractivity contribution in [2.75, 3.05) is 13.1 Å². The third-order valence-electron chi connectivity index (χ3n) is 4.47. The first-order chi connectivity index (χ1) is 12.1. The third-order valence-corrected chi connectivity index (χ3v) is 4.47. The van der Waals surface area contributed by atoms with Crippen LogP contribution in [0, 0.1) is 11.6 Å². The van der Waals surface area contributed by atoms with E-state index in [-0.39, 0.29) is 17.5 Å². The molecular formula is C19H21F2N3O. The molecule has 0 saturated carbocycles. The van der Waals surface area contributed by atoms with E-state index in [9.17, 15) is 13.6 Å². The van der Waals surface area contributed by atoms with Gasteiger partial charge in [0.2, 0.25) is 0 Å². The van der Waals surface area contributed by atoms with Crippen LogP contribution in [0.15, 0.2) is 42.6 Å². The summed E-state index contributed by atoms with van der Waals surface area (Å²) in [5, 5.41) is 3.33. The number of carbonyl (C=O) groups is 1. The lowest BCUT2D eigenvalue weighted by atomic mass is 10.0. The van der Waals surface area contributed by atoms with E-state index in [0.717, 1.165) is 50.2 Å². The summed E-state index contributed by atoms with van der Waals surface area (Å²) < 4.78 is 26.8. The summed E-state index contributed by atoms with van der Waals surface area (Å²) in [4.78, 5) is 19.1. The van der Waals surface area contributed by atoms with Gasteiger partial charge in [-0.3, -0.25) is 9.78 Å². The quantitative estimate of drug-likeness (QED) is 0.926. The minimum absolute atomic E-state index is 0.0395. The van der Waals surface area contributed by atoms with E-state index in [2.05, 4.69) is 10.3 Å². The molecule has 0 bridgehead atoms. The number of hydrogen-bond acceptors (Lipinski definition) is 3. The maximum absolute atomic E-state index is 13.6. The SMILES string of the molecule is O=C(c1ccc(F)c(F)c1)N(Cc1ccccn1)[C@@H]1CCCNCC1. The van der Waals surface area contributed by atoms with Crippen LogP contribution in [0.2, 0.25) is 0 Å². The summed E-state index contributed by atoms with van der Waals surface area (Å²) in [6, 6.07) is 8.89. The average molecular weight is 345 g/mol. The van der Waals surface area contributed by atoms with Crippen molar-refractivity contribution < 1.29 is 13.6 Å². The zero-order valence-electron chi connectivity index (χ0n) is 13.9. The Hall–Kier alpha value is -2.34. The van der Waals surface area contributed by atoms with E-state index < -0.39 is 11.6 Å². The molecule has 132 valence electrons. The highest BCUT2D eigenvalue weighted by molar-refractivity contribution is 5.94. The Morgan fingerprint density at radius 2 is 2.04 bits per heavy atom. The van der Waals surface area contributed by atoms with E-state index in [1.165, 1.54) is 6.07 Å². The van der Waals surface area contributed by atoms with Gasteiger partial charge in [0, 0.05) is 17.8 Å². The minimum Gasteiger partial charge on any atom is -0.330 e. The van der Waals surface area contributed by atoms with Gasteiger partial charge in [-0.1, -0.05) is 6.07 Å². The van der Waals surface area contributed by atoms with Crippen LogP contribution in [0.1, 0.15) is 35.3 Å². The lowest BCUT2D eigenvalue weighted by Crippen LogP contribution is -2.40. The molecule has 1 aliphatic heterocycles. The lowest BCUT2D eigenvalue weighted by Gasteiger charge is -2.31. The van der Waals surface area contributed by atoms with Crippen LogP contribution in [0.4, 0.5) is 8.78 Å². The van der Waals surface area contributed by atoms with E-state index >= 15 is 0 Å². The van der Waals surface area contributed by atoms with Crippen LogP contribution in [0.25, 0.3) is 0 Å². The van der Waals surface area contributed by atoms with Gasteiger partial charge in [-0.15, -0.1) is 0 Å². The Balaban J connectivity index is 1.88. The maximum Gasteiger partial charge on any atom is 0.254 e. The van der Waals surface area contributed by atoms with Crippen molar-refractivity contribution in [2.24, 2.45) is 0 Å². The Bertz CT molecular complexity index is 716. The molecule has 1 atom stereocenters. The molecule has 1 aliphatic rings. The van der Waals surface area contributed by atoms with Gasteiger partial charge in [0.15, 0.2) is 11.6 Å². The number of benzene rings is 1. The van der Waals surface area contributed by atoms with Gasteiger partial charge in [-0.2, -0.15) is 0 Å². The second kappa shape index (κ2) is 8.16. The maximum atomic E-state index is 13.6.